The minimum absolute atomic E-state index is 0.107. The minimum atomic E-state index is -3.73. The number of sulfonamides is 1. The highest BCUT2D eigenvalue weighted by Gasteiger charge is 2.28. The first-order valence-corrected chi connectivity index (χ1v) is 10.5. The van der Waals surface area contributed by atoms with E-state index in [9.17, 15) is 8.42 Å². The number of nitrogens with zero attached hydrogens (tertiary/aromatic N) is 5. The minimum Gasteiger partial charge on any atom is -0.337 e. The van der Waals surface area contributed by atoms with Gasteiger partial charge in [-0.05, 0) is 36.2 Å². The van der Waals surface area contributed by atoms with Crippen LogP contribution in [0.2, 0.25) is 0 Å². The van der Waals surface area contributed by atoms with Gasteiger partial charge >= 0.3 is 0 Å². The molecule has 0 amide bonds. The standard InChI is InChI=1S/C19H20N6O3S/c1-12(2)17(23-29(26,27)14-7-5-4-6-8-14)19-20-18(22-28-19)13-9-10-16-15(11-13)21-24-25(16)3/h4-12,17,23H,1-3H3. The second-order valence-electron chi connectivity index (χ2n) is 7.03. The number of aryl methyl sites for hydroxylation is 1. The smallest absolute Gasteiger partial charge is 0.245 e. The van der Waals surface area contributed by atoms with Crippen molar-refractivity contribution in [3.8, 4) is 11.4 Å². The molecule has 0 saturated carbocycles. The molecule has 2 aromatic carbocycles. The molecule has 0 fully saturated rings. The van der Waals surface area contributed by atoms with Gasteiger partial charge in [0.1, 0.15) is 11.6 Å². The van der Waals surface area contributed by atoms with E-state index in [1.165, 1.54) is 12.1 Å². The van der Waals surface area contributed by atoms with E-state index in [4.69, 9.17) is 4.52 Å². The van der Waals surface area contributed by atoms with Crippen LogP contribution >= 0.6 is 0 Å². The van der Waals surface area contributed by atoms with Gasteiger partial charge in [0, 0.05) is 12.6 Å². The van der Waals surface area contributed by atoms with E-state index in [2.05, 4.69) is 25.2 Å². The Bertz CT molecular complexity index is 1250. The van der Waals surface area contributed by atoms with Gasteiger partial charge in [-0.2, -0.15) is 9.71 Å². The molecule has 1 unspecified atom stereocenters. The van der Waals surface area contributed by atoms with Crippen LogP contribution in [-0.2, 0) is 17.1 Å². The summed E-state index contributed by atoms with van der Waals surface area (Å²) in [6.45, 7) is 3.77. The summed E-state index contributed by atoms with van der Waals surface area (Å²) in [6, 6.07) is 13.1. The normalized spacial score (nSPS) is 13.2. The highest BCUT2D eigenvalue weighted by molar-refractivity contribution is 7.89. The van der Waals surface area contributed by atoms with Crippen LogP contribution in [-0.4, -0.2) is 33.6 Å². The monoisotopic (exact) mass is 412 g/mol. The summed E-state index contributed by atoms with van der Waals surface area (Å²) >= 11 is 0. The Morgan fingerprint density at radius 1 is 1.10 bits per heavy atom. The van der Waals surface area contributed by atoms with Gasteiger partial charge in [-0.15, -0.1) is 5.10 Å². The fourth-order valence-corrected chi connectivity index (χ4v) is 4.32. The number of nitrogens with one attached hydrogen (secondary N) is 1. The van der Waals surface area contributed by atoms with Gasteiger partial charge < -0.3 is 4.52 Å². The summed E-state index contributed by atoms with van der Waals surface area (Å²) in [7, 11) is -1.92. The fraction of sp³-hybridized carbons (Fsp3) is 0.263. The second kappa shape index (κ2) is 7.37. The zero-order valence-electron chi connectivity index (χ0n) is 16.1. The van der Waals surface area contributed by atoms with Crippen LogP contribution in [0.5, 0.6) is 0 Å². The van der Waals surface area contributed by atoms with E-state index in [1.807, 2.05) is 39.1 Å². The van der Waals surface area contributed by atoms with Crippen LogP contribution in [0.25, 0.3) is 22.4 Å². The summed E-state index contributed by atoms with van der Waals surface area (Å²) in [5, 5.41) is 12.1. The summed E-state index contributed by atoms with van der Waals surface area (Å²) in [4.78, 5) is 4.61. The lowest BCUT2D eigenvalue weighted by atomic mass is 10.1. The number of fused-ring (bicyclic) bond motifs is 1. The molecule has 0 spiro atoms. The van der Waals surface area contributed by atoms with Crippen LogP contribution in [0.4, 0.5) is 0 Å². The SMILES string of the molecule is CC(C)C(NS(=O)(=O)c1ccccc1)c1nc(-c2ccc3c(c2)nnn3C)no1. The first kappa shape index (κ1) is 19.2. The lowest BCUT2D eigenvalue weighted by Gasteiger charge is -2.18. The van der Waals surface area contributed by atoms with E-state index >= 15 is 0 Å². The first-order chi connectivity index (χ1) is 13.8. The Morgan fingerprint density at radius 2 is 1.86 bits per heavy atom. The third-order valence-corrected chi connectivity index (χ3v) is 6.04. The molecule has 4 aromatic rings. The third-order valence-electron chi connectivity index (χ3n) is 4.58. The van der Waals surface area contributed by atoms with Gasteiger partial charge in [0.15, 0.2) is 0 Å². The Morgan fingerprint density at radius 3 is 2.59 bits per heavy atom. The van der Waals surface area contributed by atoms with Crippen molar-refractivity contribution in [2.75, 3.05) is 0 Å². The molecule has 2 aromatic heterocycles. The Hall–Kier alpha value is -3.11. The first-order valence-electron chi connectivity index (χ1n) is 9.06. The van der Waals surface area contributed by atoms with Gasteiger partial charge in [-0.1, -0.05) is 42.4 Å². The van der Waals surface area contributed by atoms with Gasteiger partial charge in [0.05, 0.1) is 10.4 Å². The molecule has 10 heteroatoms. The molecule has 4 rings (SSSR count). The quantitative estimate of drug-likeness (QED) is 0.517. The Kier molecular flexibility index (Phi) is 4.89. The van der Waals surface area contributed by atoms with Crippen LogP contribution in [0.15, 0.2) is 57.9 Å². The van der Waals surface area contributed by atoms with E-state index in [-0.39, 0.29) is 16.7 Å². The van der Waals surface area contributed by atoms with Crippen LogP contribution in [0, 0.1) is 5.92 Å². The van der Waals surface area contributed by atoms with Crippen molar-refractivity contribution in [2.24, 2.45) is 13.0 Å². The lowest BCUT2D eigenvalue weighted by molar-refractivity contribution is 0.311. The maximum Gasteiger partial charge on any atom is 0.245 e. The molecule has 0 aliphatic carbocycles. The zero-order valence-corrected chi connectivity index (χ0v) is 17.0. The molecule has 9 nitrogen and oxygen atoms in total. The van der Waals surface area contributed by atoms with Crippen molar-refractivity contribution in [3.05, 3.63) is 54.4 Å². The summed E-state index contributed by atoms with van der Waals surface area (Å²) < 4.78 is 35.2. The third kappa shape index (κ3) is 3.76. The average Bonchev–Trinajstić information content (AvgIpc) is 3.34. The molecule has 0 saturated heterocycles. The molecule has 2 heterocycles. The number of aromatic nitrogens is 5. The summed E-state index contributed by atoms with van der Waals surface area (Å²) in [6.07, 6.45) is 0. The van der Waals surface area contributed by atoms with Gasteiger partial charge in [-0.25, -0.2) is 13.1 Å². The summed E-state index contributed by atoms with van der Waals surface area (Å²) in [5.74, 6) is 0.454. The molecular formula is C19H20N6O3S. The lowest BCUT2D eigenvalue weighted by Crippen LogP contribution is -2.32. The van der Waals surface area contributed by atoms with Crippen LogP contribution < -0.4 is 4.72 Å². The highest BCUT2D eigenvalue weighted by atomic mass is 32.2. The van der Waals surface area contributed by atoms with Crippen molar-refractivity contribution in [1.29, 1.82) is 0 Å². The fourth-order valence-electron chi connectivity index (χ4n) is 2.96. The molecule has 0 aliphatic rings. The number of hydrogen-bond donors (Lipinski definition) is 1. The van der Waals surface area contributed by atoms with E-state index < -0.39 is 16.1 Å². The second-order valence-corrected chi connectivity index (χ2v) is 8.74. The van der Waals surface area contributed by atoms with Crippen molar-refractivity contribution >= 4 is 21.1 Å². The Labute approximate surface area is 167 Å². The van der Waals surface area contributed by atoms with Crippen LogP contribution in [0.1, 0.15) is 25.8 Å². The molecule has 0 radical (unpaired) electrons. The van der Waals surface area contributed by atoms with E-state index in [1.54, 1.807) is 22.9 Å². The van der Waals surface area contributed by atoms with Gasteiger partial charge in [0.2, 0.25) is 21.7 Å². The maximum absolute atomic E-state index is 12.7. The van der Waals surface area contributed by atoms with Gasteiger partial charge in [0.25, 0.3) is 0 Å². The maximum atomic E-state index is 12.7. The zero-order chi connectivity index (χ0) is 20.6. The van der Waals surface area contributed by atoms with Crippen LogP contribution in [0.3, 0.4) is 0 Å². The predicted octanol–water partition coefficient (Wildman–Crippen LogP) is 2.69. The molecule has 1 N–H and O–H groups in total. The predicted molar refractivity (Wildman–Crippen MR) is 106 cm³/mol. The number of hydrogen-bond acceptors (Lipinski definition) is 7. The topological polar surface area (TPSA) is 116 Å². The number of rotatable bonds is 6. The largest absolute Gasteiger partial charge is 0.337 e. The molecule has 0 aliphatic heterocycles. The Balaban J connectivity index is 1.64. The van der Waals surface area contributed by atoms with Crippen molar-refractivity contribution in [1.82, 2.24) is 29.9 Å². The molecule has 29 heavy (non-hydrogen) atoms. The molecular weight excluding hydrogens is 392 g/mol. The highest BCUT2D eigenvalue weighted by Crippen LogP contribution is 2.26. The van der Waals surface area contributed by atoms with Gasteiger partial charge in [-0.3, -0.25) is 0 Å². The molecule has 150 valence electrons. The average molecular weight is 412 g/mol. The molecule has 1 atom stereocenters. The number of benzene rings is 2. The van der Waals surface area contributed by atoms with Crippen molar-refractivity contribution in [2.45, 2.75) is 24.8 Å². The van der Waals surface area contributed by atoms with E-state index in [0.717, 1.165) is 5.52 Å². The summed E-state index contributed by atoms with van der Waals surface area (Å²) in [5.41, 5.74) is 2.30. The van der Waals surface area contributed by atoms with Crippen molar-refractivity contribution < 1.29 is 12.9 Å². The van der Waals surface area contributed by atoms with Crippen molar-refractivity contribution in [3.63, 3.8) is 0 Å². The molecule has 0 bridgehead atoms. The van der Waals surface area contributed by atoms with E-state index in [0.29, 0.717) is 16.9 Å².